The molecule has 0 bridgehead atoms. The van der Waals surface area contributed by atoms with Crippen LogP contribution in [-0.2, 0) is 17.5 Å². The molecule has 0 aliphatic rings. The number of fused-ring (bicyclic) bond motifs is 1. The van der Waals surface area contributed by atoms with E-state index in [1.807, 2.05) is 0 Å². The topological polar surface area (TPSA) is 69.6 Å². The molecule has 0 saturated carbocycles. The molecule has 29 heavy (non-hydrogen) atoms. The molecule has 3 heterocycles. The standard InChI is InChI=1S/C19H11F4N3O3/c20-12-5-3-11(4-6-12)15-8-16(19(21,22)23)26-17(25-15)14(9-24-26)18(27)29-10-13-2-1-7-28-13/h1-9H,10H2. The summed E-state index contributed by atoms with van der Waals surface area (Å²) in [6.45, 7) is -0.201. The van der Waals surface area contributed by atoms with E-state index in [2.05, 4.69) is 10.1 Å². The number of halogens is 4. The molecule has 0 aliphatic carbocycles. The Bertz CT molecular complexity index is 1170. The van der Waals surface area contributed by atoms with Gasteiger partial charge in [-0.2, -0.15) is 18.3 Å². The third-order valence-corrected chi connectivity index (χ3v) is 4.05. The molecule has 4 aromatic rings. The van der Waals surface area contributed by atoms with Crippen LogP contribution in [0.3, 0.4) is 0 Å². The number of nitrogens with zero attached hydrogens (tertiary/aromatic N) is 3. The van der Waals surface area contributed by atoms with Crippen LogP contribution in [0.25, 0.3) is 16.9 Å². The van der Waals surface area contributed by atoms with E-state index in [0.29, 0.717) is 10.3 Å². The van der Waals surface area contributed by atoms with Crippen LogP contribution in [0.5, 0.6) is 0 Å². The second-order valence-corrected chi connectivity index (χ2v) is 5.98. The fourth-order valence-corrected chi connectivity index (χ4v) is 2.69. The predicted octanol–water partition coefficient (Wildman–Crippen LogP) is 4.50. The number of ether oxygens (including phenoxy) is 1. The molecule has 148 valence electrons. The molecule has 0 N–H and O–H groups in total. The molecule has 10 heteroatoms. The highest BCUT2D eigenvalue weighted by molar-refractivity contribution is 5.96. The van der Waals surface area contributed by atoms with Crippen molar-refractivity contribution in [2.24, 2.45) is 0 Å². The molecule has 0 unspecified atom stereocenters. The molecular formula is C19H11F4N3O3. The van der Waals surface area contributed by atoms with Crippen molar-refractivity contribution in [1.29, 1.82) is 0 Å². The number of carbonyl (C=O) groups is 1. The normalized spacial score (nSPS) is 11.7. The highest BCUT2D eigenvalue weighted by Gasteiger charge is 2.36. The fraction of sp³-hybridized carbons (Fsp3) is 0.105. The Morgan fingerprint density at radius 1 is 1.17 bits per heavy atom. The monoisotopic (exact) mass is 405 g/mol. The third kappa shape index (κ3) is 3.68. The molecule has 4 rings (SSSR count). The Morgan fingerprint density at radius 2 is 1.93 bits per heavy atom. The quantitative estimate of drug-likeness (QED) is 0.369. The van der Waals surface area contributed by atoms with Gasteiger partial charge in [0.2, 0.25) is 0 Å². The van der Waals surface area contributed by atoms with Gasteiger partial charge in [-0.25, -0.2) is 18.7 Å². The summed E-state index contributed by atoms with van der Waals surface area (Å²) in [5, 5.41) is 3.65. The van der Waals surface area contributed by atoms with E-state index in [1.54, 1.807) is 12.1 Å². The van der Waals surface area contributed by atoms with Gasteiger partial charge in [0.15, 0.2) is 11.3 Å². The Morgan fingerprint density at radius 3 is 2.59 bits per heavy atom. The van der Waals surface area contributed by atoms with E-state index >= 15 is 0 Å². The van der Waals surface area contributed by atoms with E-state index in [9.17, 15) is 22.4 Å². The minimum absolute atomic E-state index is 0.0922. The van der Waals surface area contributed by atoms with E-state index in [0.717, 1.165) is 24.4 Å². The van der Waals surface area contributed by atoms with E-state index in [1.165, 1.54) is 18.4 Å². The average molecular weight is 405 g/mol. The zero-order chi connectivity index (χ0) is 20.6. The lowest BCUT2D eigenvalue weighted by Gasteiger charge is -2.11. The first kappa shape index (κ1) is 18.7. The number of rotatable bonds is 4. The second-order valence-electron chi connectivity index (χ2n) is 5.98. The number of alkyl halides is 3. The highest BCUT2D eigenvalue weighted by atomic mass is 19.4. The van der Waals surface area contributed by atoms with Gasteiger partial charge in [-0.05, 0) is 42.5 Å². The number of hydrogen-bond acceptors (Lipinski definition) is 5. The van der Waals surface area contributed by atoms with Gasteiger partial charge in [-0.3, -0.25) is 0 Å². The minimum atomic E-state index is -4.77. The largest absolute Gasteiger partial charge is 0.466 e. The first-order valence-corrected chi connectivity index (χ1v) is 8.24. The van der Waals surface area contributed by atoms with Crippen LogP contribution in [0.1, 0.15) is 21.8 Å². The predicted molar refractivity (Wildman–Crippen MR) is 91.2 cm³/mol. The van der Waals surface area contributed by atoms with Gasteiger partial charge >= 0.3 is 12.1 Å². The van der Waals surface area contributed by atoms with Crippen molar-refractivity contribution >= 4 is 11.6 Å². The SMILES string of the molecule is O=C(OCc1ccco1)c1cnn2c(C(F)(F)F)cc(-c3ccc(F)cc3)nc12. The van der Waals surface area contributed by atoms with Crippen molar-refractivity contribution in [3.05, 3.63) is 77.8 Å². The lowest BCUT2D eigenvalue weighted by atomic mass is 10.1. The van der Waals surface area contributed by atoms with Gasteiger partial charge in [0.1, 0.15) is 23.7 Å². The number of benzene rings is 1. The second kappa shape index (κ2) is 7.04. The molecule has 0 spiro atoms. The number of hydrogen-bond donors (Lipinski definition) is 0. The Kier molecular flexibility index (Phi) is 4.53. The third-order valence-electron chi connectivity index (χ3n) is 4.05. The van der Waals surface area contributed by atoms with Crippen molar-refractivity contribution in [2.75, 3.05) is 0 Å². The molecule has 0 saturated heterocycles. The maximum absolute atomic E-state index is 13.5. The Balaban J connectivity index is 1.79. The fourth-order valence-electron chi connectivity index (χ4n) is 2.69. The lowest BCUT2D eigenvalue weighted by Crippen LogP contribution is -2.14. The van der Waals surface area contributed by atoms with Gasteiger partial charge in [0.05, 0.1) is 18.2 Å². The lowest BCUT2D eigenvalue weighted by molar-refractivity contribution is -0.142. The summed E-state index contributed by atoms with van der Waals surface area (Å²) in [7, 11) is 0. The molecule has 1 aromatic carbocycles. The van der Waals surface area contributed by atoms with Crippen LogP contribution in [-0.4, -0.2) is 20.6 Å². The number of esters is 1. The first-order chi connectivity index (χ1) is 13.8. The molecule has 0 radical (unpaired) electrons. The summed E-state index contributed by atoms with van der Waals surface area (Å²) < 4.78 is 64.4. The van der Waals surface area contributed by atoms with Crippen molar-refractivity contribution < 1.29 is 31.5 Å². The van der Waals surface area contributed by atoms with Crippen LogP contribution >= 0.6 is 0 Å². The zero-order valence-corrected chi connectivity index (χ0v) is 14.5. The maximum atomic E-state index is 13.5. The van der Waals surface area contributed by atoms with Crippen LogP contribution in [0.15, 0.2) is 59.3 Å². The molecule has 0 fully saturated rings. The Labute approximate surface area is 160 Å². The summed E-state index contributed by atoms with van der Waals surface area (Å²) in [6, 6.07) is 8.75. The summed E-state index contributed by atoms with van der Waals surface area (Å²) in [6.07, 6.45) is -2.42. The summed E-state index contributed by atoms with van der Waals surface area (Å²) in [5.41, 5.74) is -1.55. The van der Waals surface area contributed by atoms with Crippen LogP contribution in [0, 0.1) is 5.82 Å². The van der Waals surface area contributed by atoms with Crippen LogP contribution < -0.4 is 0 Å². The smallest absolute Gasteiger partial charge is 0.433 e. The maximum Gasteiger partial charge on any atom is 0.433 e. The zero-order valence-electron chi connectivity index (χ0n) is 14.5. The number of carbonyl (C=O) groups excluding carboxylic acids is 1. The van der Waals surface area contributed by atoms with Gasteiger partial charge in [-0.15, -0.1) is 0 Å². The van der Waals surface area contributed by atoms with Crippen molar-refractivity contribution in [2.45, 2.75) is 12.8 Å². The van der Waals surface area contributed by atoms with E-state index in [-0.39, 0.29) is 29.1 Å². The molecule has 0 atom stereocenters. The van der Waals surface area contributed by atoms with Gasteiger partial charge in [0, 0.05) is 5.56 Å². The van der Waals surface area contributed by atoms with Gasteiger partial charge in [0.25, 0.3) is 0 Å². The Hall–Kier alpha value is -3.69. The van der Waals surface area contributed by atoms with Gasteiger partial charge in [-0.1, -0.05) is 0 Å². The van der Waals surface area contributed by atoms with Crippen molar-refractivity contribution in [3.63, 3.8) is 0 Å². The molecule has 6 nitrogen and oxygen atoms in total. The molecular weight excluding hydrogens is 394 g/mol. The molecule has 0 amide bonds. The van der Waals surface area contributed by atoms with Gasteiger partial charge < -0.3 is 9.15 Å². The van der Waals surface area contributed by atoms with E-state index < -0.39 is 23.7 Å². The number of furan rings is 1. The minimum Gasteiger partial charge on any atom is -0.466 e. The highest BCUT2D eigenvalue weighted by Crippen LogP contribution is 2.33. The van der Waals surface area contributed by atoms with Crippen molar-refractivity contribution in [1.82, 2.24) is 14.6 Å². The average Bonchev–Trinajstić information content (AvgIpc) is 3.35. The number of aromatic nitrogens is 3. The van der Waals surface area contributed by atoms with Crippen LogP contribution in [0.4, 0.5) is 17.6 Å². The molecule has 3 aromatic heterocycles. The van der Waals surface area contributed by atoms with E-state index in [4.69, 9.17) is 9.15 Å². The van der Waals surface area contributed by atoms with Crippen LogP contribution in [0.2, 0.25) is 0 Å². The summed E-state index contributed by atoms with van der Waals surface area (Å²) in [5.74, 6) is -1.09. The summed E-state index contributed by atoms with van der Waals surface area (Å²) in [4.78, 5) is 16.5. The molecule has 0 aliphatic heterocycles. The van der Waals surface area contributed by atoms with Crippen molar-refractivity contribution in [3.8, 4) is 11.3 Å². The first-order valence-electron chi connectivity index (χ1n) is 8.24. The summed E-state index contributed by atoms with van der Waals surface area (Å²) >= 11 is 0.